The fourth-order valence-electron chi connectivity index (χ4n) is 2.96. The molecule has 0 saturated carbocycles. The van der Waals surface area contributed by atoms with E-state index in [1.54, 1.807) is 24.8 Å². The van der Waals surface area contributed by atoms with Crippen LogP contribution in [0.4, 0.5) is 19.0 Å². The third-order valence-corrected chi connectivity index (χ3v) is 4.31. The summed E-state index contributed by atoms with van der Waals surface area (Å²) in [4.78, 5) is 21.3. The van der Waals surface area contributed by atoms with Crippen molar-refractivity contribution in [3.05, 3.63) is 53.5 Å². The Balaban J connectivity index is 2.09. The van der Waals surface area contributed by atoms with Crippen LogP contribution in [0.1, 0.15) is 24.0 Å². The van der Waals surface area contributed by atoms with Crippen LogP contribution in [0.2, 0.25) is 0 Å². The minimum Gasteiger partial charge on any atom is -0.469 e. The minimum atomic E-state index is -4.69. The molecule has 1 unspecified atom stereocenters. The fourth-order valence-corrected chi connectivity index (χ4v) is 2.96. The Morgan fingerprint density at radius 3 is 2.55 bits per heavy atom. The number of rotatable bonds is 6. The Bertz CT molecular complexity index is 1000. The van der Waals surface area contributed by atoms with Crippen molar-refractivity contribution >= 4 is 17.6 Å². The first kappa shape index (κ1) is 20.6. The number of alkyl halides is 3. The second kappa shape index (κ2) is 8.06. The molecule has 1 aromatic carbocycles. The quantitative estimate of drug-likeness (QED) is 0.584. The smallest absolute Gasteiger partial charge is 0.453 e. The average molecular weight is 407 g/mol. The van der Waals surface area contributed by atoms with Crippen LogP contribution in [-0.2, 0) is 22.3 Å². The number of carbonyl (C=O) groups excluding carboxylic acids is 1. The molecule has 0 N–H and O–H groups in total. The maximum atomic E-state index is 13.1. The van der Waals surface area contributed by atoms with Crippen LogP contribution < -0.4 is 4.90 Å². The molecule has 10 heteroatoms. The van der Waals surface area contributed by atoms with E-state index < -0.39 is 23.9 Å². The van der Waals surface area contributed by atoms with Crippen LogP contribution in [0, 0.1) is 12.8 Å². The first-order chi connectivity index (χ1) is 13.7. The van der Waals surface area contributed by atoms with E-state index in [0.717, 1.165) is 10.1 Å². The molecule has 0 aliphatic carbocycles. The molecule has 0 aliphatic rings. The van der Waals surface area contributed by atoms with Gasteiger partial charge < -0.3 is 9.64 Å². The lowest BCUT2D eigenvalue weighted by molar-refractivity contribution is -0.145. The molecule has 0 amide bonds. The second-order valence-electron chi connectivity index (χ2n) is 6.69. The Hall–Kier alpha value is -3.17. The number of methoxy groups -OCH3 is 1. The maximum absolute atomic E-state index is 13.1. The van der Waals surface area contributed by atoms with Gasteiger partial charge in [-0.25, -0.2) is 4.98 Å². The standard InChI is InChI=1S/C19H20F3N5O2/c1-12(16(28)29-3)10-26(11-14-7-5-4-6-8-14)15-9-13(2)23-18-24-17(19(20,21)22)25-27(15)18/h4-9,12H,10-11H2,1-3H3. The van der Waals surface area contributed by atoms with Gasteiger partial charge in [-0.1, -0.05) is 37.3 Å². The van der Waals surface area contributed by atoms with Crippen LogP contribution in [-0.4, -0.2) is 39.2 Å². The van der Waals surface area contributed by atoms with Gasteiger partial charge in [-0.2, -0.15) is 22.7 Å². The molecule has 0 bridgehead atoms. The van der Waals surface area contributed by atoms with Crippen molar-refractivity contribution in [1.29, 1.82) is 0 Å². The lowest BCUT2D eigenvalue weighted by Crippen LogP contribution is -2.33. The number of halogens is 3. The number of esters is 1. The maximum Gasteiger partial charge on any atom is 0.453 e. The van der Waals surface area contributed by atoms with Crippen molar-refractivity contribution in [1.82, 2.24) is 19.6 Å². The molecule has 2 aromatic heterocycles. The average Bonchev–Trinajstić information content (AvgIpc) is 3.11. The van der Waals surface area contributed by atoms with Gasteiger partial charge >= 0.3 is 12.1 Å². The second-order valence-corrected chi connectivity index (χ2v) is 6.69. The summed E-state index contributed by atoms with van der Waals surface area (Å²) in [6.07, 6.45) is -4.69. The Morgan fingerprint density at radius 1 is 1.24 bits per heavy atom. The number of hydrogen-bond acceptors (Lipinski definition) is 6. The van der Waals surface area contributed by atoms with E-state index in [0.29, 0.717) is 18.1 Å². The highest BCUT2D eigenvalue weighted by Gasteiger charge is 2.37. The topological polar surface area (TPSA) is 72.6 Å². The third-order valence-electron chi connectivity index (χ3n) is 4.31. The van der Waals surface area contributed by atoms with Gasteiger partial charge in [0.15, 0.2) is 0 Å². The predicted molar refractivity (Wildman–Crippen MR) is 99.2 cm³/mol. The molecule has 0 aliphatic heterocycles. The number of benzene rings is 1. The molecule has 2 heterocycles. The molecular weight excluding hydrogens is 387 g/mol. The van der Waals surface area contributed by atoms with Gasteiger partial charge in [0.05, 0.1) is 13.0 Å². The van der Waals surface area contributed by atoms with E-state index in [1.807, 2.05) is 30.3 Å². The lowest BCUT2D eigenvalue weighted by atomic mass is 10.1. The van der Waals surface area contributed by atoms with E-state index in [2.05, 4.69) is 15.1 Å². The predicted octanol–water partition coefficient (Wildman–Crippen LogP) is 3.27. The van der Waals surface area contributed by atoms with Gasteiger partial charge in [-0.05, 0) is 12.5 Å². The van der Waals surface area contributed by atoms with E-state index >= 15 is 0 Å². The molecule has 1 atom stereocenters. The van der Waals surface area contributed by atoms with E-state index in [4.69, 9.17) is 4.74 Å². The number of anilines is 1. The molecule has 0 spiro atoms. The summed E-state index contributed by atoms with van der Waals surface area (Å²) in [6, 6.07) is 11.0. The zero-order valence-corrected chi connectivity index (χ0v) is 16.1. The number of hydrogen-bond donors (Lipinski definition) is 0. The number of ether oxygens (including phenoxy) is 1. The van der Waals surface area contributed by atoms with Gasteiger partial charge in [-0.3, -0.25) is 4.79 Å². The van der Waals surface area contributed by atoms with Gasteiger partial charge in [0.2, 0.25) is 0 Å². The van der Waals surface area contributed by atoms with Gasteiger partial charge in [-0.15, -0.1) is 5.10 Å². The molecule has 0 radical (unpaired) electrons. The summed E-state index contributed by atoms with van der Waals surface area (Å²) >= 11 is 0. The molecule has 3 rings (SSSR count). The first-order valence-corrected chi connectivity index (χ1v) is 8.87. The molecule has 29 heavy (non-hydrogen) atoms. The lowest BCUT2D eigenvalue weighted by Gasteiger charge is -2.27. The Kier molecular flexibility index (Phi) is 5.71. The summed E-state index contributed by atoms with van der Waals surface area (Å²) in [7, 11) is 1.29. The summed E-state index contributed by atoms with van der Waals surface area (Å²) in [5, 5.41) is 3.62. The number of nitrogens with zero attached hydrogens (tertiary/aromatic N) is 5. The van der Waals surface area contributed by atoms with Crippen molar-refractivity contribution in [3.63, 3.8) is 0 Å². The van der Waals surface area contributed by atoms with E-state index in [1.165, 1.54) is 7.11 Å². The molecule has 7 nitrogen and oxygen atoms in total. The van der Waals surface area contributed by atoms with E-state index in [9.17, 15) is 18.0 Å². The highest BCUT2D eigenvalue weighted by atomic mass is 19.4. The minimum absolute atomic E-state index is 0.156. The highest BCUT2D eigenvalue weighted by molar-refractivity contribution is 5.72. The van der Waals surface area contributed by atoms with Crippen molar-refractivity contribution in [2.45, 2.75) is 26.6 Å². The molecular formula is C19H20F3N5O2. The van der Waals surface area contributed by atoms with Gasteiger partial charge in [0.1, 0.15) is 5.82 Å². The SMILES string of the molecule is COC(=O)C(C)CN(Cc1ccccc1)c1cc(C)nc2nc(C(F)(F)F)nn12. The Morgan fingerprint density at radius 2 is 1.93 bits per heavy atom. The summed E-state index contributed by atoms with van der Waals surface area (Å²) in [5.41, 5.74) is 1.40. The van der Waals surface area contributed by atoms with Crippen LogP contribution >= 0.6 is 0 Å². The summed E-state index contributed by atoms with van der Waals surface area (Å²) in [6.45, 7) is 3.91. The normalized spacial score (nSPS) is 12.8. The monoisotopic (exact) mass is 407 g/mol. The van der Waals surface area contributed by atoms with Crippen molar-refractivity contribution < 1.29 is 22.7 Å². The van der Waals surface area contributed by atoms with Crippen LogP contribution in [0.25, 0.3) is 5.78 Å². The number of aryl methyl sites for hydroxylation is 1. The van der Waals surface area contributed by atoms with Crippen LogP contribution in [0.3, 0.4) is 0 Å². The Labute approximate surface area is 165 Å². The highest BCUT2D eigenvalue weighted by Crippen LogP contribution is 2.28. The molecule has 154 valence electrons. The third kappa shape index (κ3) is 4.64. The number of aromatic nitrogens is 4. The van der Waals surface area contributed by atoms with Crippen LogP contribution in [0.15, 0.2) is 36.4 Å². The van der Waals surface area contributed by atoms with Crippen LogP contribution in [0.5, 0.6) is 0 Å². The van der Waals surface area contributed by atoms with E-state index in [-0.39, 0.29) is 12.3 Å². The first-order valence-electron chi connectivity index (χ1n) is 8.87. The summed E-state index contributed by atoms with van der Waals surface area (Å²) in [5.74, 6) is -2.00. The molecule has 0 saturated heterocycles. The van der Waals surface area contributed by atoms with Gasteiger partial charge in [0.25, 0.3) is 11.6 Å². The summed E-state index contributed by atoms with van der Waals surface area (Å²) < 4.78 is 45.2. The number of fused-ring (bicyclic) bond motifs is 1. The largest absolute Gasteiger partial charge is 0.469 e. The fraction of sp³-hybridized carbons (Fsp3) is 0.368. The number of carbonyl (C=O) groups is 1. The van der Waals surface area contributed by atoms with Crippen molar-refractivity contribution in [2.24, 2.45) is 5.92 Å². The van der Waals surface area contributed by atoms with Gasteiger partial charge in [0, 0.05) is 24.8 Å². The van der Waals surface area contributed by atoms with Crippen molar-refractivity contribution in [2.75, 3.05) is 18.6 Å². The van der Waals surface area contributed by atoms with Crippen molar-refractivity contribution in [3.8, 4) is 0 Å². The molecule has 0 fully saturated rings. The zero-order valence-electron chi connectivity index (χ0n) is 16.1. The molecule has 3 aromatic rings. The zero-order chi connectivity index (χ0) is 21.2.